The number of nitrogens with one attached hydrogen (secondary N) is 1. The van der Waals surface area contributed by atoms with Crippen molar-refractivity contribution in [2.75, 3.05) is 11.9 Å². The molecule has 1 aromatic rings. The lowest BCUT2D eigenvalue weighted by molar-refractivity contribution is 0.0989. The molecule has 17 heavy (non-hydrogen) atoms. The molecule has 0 amide bonds. The van der Waals surface area contributed by atoms with E-state index in [0.717, 1.165) is 25.1 Å². The molecule has 0 aliphatic rings. The molecule has 4 heteroatoms. The van der Waals surface area contributed by atoms with Gasteiger partial charge in [-0.2, -0.15) is 4.98 Å². The topological polar surface area (TPSA) is 47.0 Å². The van der Waals surface area contributed by atoms with E-state index in [1.165, 1.54) is 0 Å². The van der Waals surface area contributed by atoms with E-state index in [1.54, 1.807) is 0 Å². The summed E-state index contributed by atoms with van der Waals surface area (Å²) >= 11 is 0. The Hall–Kier alpha value is -1.32. The highest BCUT2D eigenvalue weighted by Gasteiger charge is 2.18. The molecule has 0 radical (unpaired) electrons. The zero-order valence-electron chi connectivity index (χ0n) is 11.5. The van der Waals surface area contributed by atoms with Gasteiger partial charge in [-0.3, -0.25) is 0 Å². The molecule has 1 aromatic heterocycles. The molecule has 1 heterocycles. The van der Waals surface area contributed by atoms with Gasteiger partial charge in [0.25, 0.3) is 0 Å². The van der Waals surface area contributed by atoms with Gasteiger partial charge in [-0.05, 0) is 33.6 Å². The van der Waals surface area contributed by atoms with Crippen molar-refractivity contribution in [1.82, 2.24) is 9.97 Å². The average molecular weight is 237 g/mol. The van der Waals surface area contributed by atoms with Crippen LogP contribution in [0.1, 0.15) is 46.2 Å². The fraction of sp³-hybridized carbons (Fsp3) is 0.692. The summed E-state index contributed by atoms with van der Waals surface area (Å²) in [4.78, 5) is 8.68. The van der Waals surface area contributed by atoms with E-state index in [9.17, 15) is 0 Å². The maximum absolute atomic E-state index is 5.86. The summed E-state index contributed by atoms with van der Waals surface area (Å²) in [6.45, 7) is 11.2. The molecule has 1 rings (SSSR count). The fourth-order valence-corrected chi connectivity index (χ4v) is 1.26. The van der Waals surface area contributed by atoms with Crippen molar-refractivity contribution in [2.24, 2.45) is 0 Å². The number of aryl methyl sites for hydroxylation is 1. The molecule has 0 spiro atoms. The summed E-state index contributed by atoms with van der Waals surface area (Å²) in [7, 11) is 0. The van der Waals surface area contributed by atoms with Crippen LogP contribution in [0, 0.1) is 6.92 Å². The number of ether oxygens (including phenoxy) is 1. The Morgan fingerprint density at radius 2 is 2.00 bits per heavy atom. The summed E-state index contributed by atoms with van der Waals surface area (Å²) in [6, 6.07) is 1.87. The van der Waals surface area contributed by atoms with Crippen LogP contribution in [0.4, 0.5) is 5.95 Å². The van der Waals surface area contributed by atoms with Gasteiger partial charge in [-0.15, -0.1) is 0 Å². The number of hydrogen-bond donors (Lipinski definition) is 1. The molecule has 0 saturated heterocycles. The van der Waals surface area contributed by atoms with Crippen LogP contribution in [-0.2, 0) is 0 Å². The maximum Gasteiger partial charge on any atom is 0.226 e. The Morgan fingerprint density at radius 1 is 1.29 bits per heavy atom. The number of aromatic nitrogens is 2. The second-order valence-corrected chi connectivity index (χ2v) is 4.81. The van der Waals surface area contributed by atoms with Crippen LogP contribution in [0.2, 0.25) is 0 Å². The predicted molar refractivity (Wildman–Crippen MR) is 70.5 cm³/mol. The van der Waals surface area contributed by atoms with Gasteiger partial charge in [0.2, 0.25) is 11.8 Å². The lowest BCUT2D eigenvalue weighted by atomic mass is 10.1. The molecular formula is C13H23N3O. The highest BCUT2D eigenvalue weighted by Crippen LogP contribution is 2.20. The fourth-order valence-electron chi connectivity index (χ4n) is 1.26. The summed E-state index contributed by atoms with van der Waals surface area (Å²) < 4.78 is 5.86. The highest BCUT2D eigenvalue weighted by molar-refractivity contribution is 5.30. The molecule has 0 atom stereocenters. The van der Waals surface area contributed by atoms with E-state index in [1.807, 2.05) is 13.0 Å². The molecule has 0 aliphatic carbocycles. The number of rotatable bonds is 6. The first kappa shape index (κ1) is 13.7. The Morgan fingerprint density at radius 3 is 2.59 bits per heavy atom. The van der Waals surface area contributed by atoms with E-state index in [-0.39, 0.29) is 5.60 Å². The van der Waals surface area contributed by atoms with Crippen molar-refractivity contribution in [3.63, 3.8) is 0 Å². The minimum Gasteiger partial charge on any atom is -0.472 e. The second-order valence-electron chi connectivity index (χ2n) is 4.81. The van der Waals surface area contributed by atoms with E-state index in [0.29, 0.717) is 11.8 Å². The SMILES string of the molecule is CCCNc1nc(C)cc(OC(C)(C)CC)n1. The summed E-state index contributed by atoms with van der Waals surface area (Å²) in [6.07, 6.45) is 1.99. The molecule has 0 aliphatic heterocycles. The van der Waals surface area contributed by atoms with Crippen LogP contribution in [0.25, 0.3) is 0 Å². The molecule has 4 nitrogen and oxygen atoms in total. The molecule has 1 N–H and O–H groups in total. The van der Waals surface area contributed by atoms with Crippen molar-refractivity contribution in [3.05, 3.63) is 11.8 Å². The number of anilines is 1. The van der Waals surface area contributed by atoms with E-state index >= 15 is 0 Å². The van der Waals surface area contributed by atoms with Gasteiger partial charge in [-0.1, -0.05) is 13.8 Å². The largest absolute Gasteiger partial charge is 0.472 e. The van der Waals surface area contributed by atoms with Crippen LogP contribution in [-0.4, -0.2) is 22.1 Å². The van der Waals surface area contributed by atoms with Crippen molar-refractivity contribution < 1.29 is 4.74 Å². The van der Waals surface area contributed by atoms with Crippen LogP contribution in [0.5, 0.6) is 5.88 Å². The quantitative estimate of drug-likeness (QED) is 0.825. The molecule has 0 aromatic carbocycles. The predicted octanol–water partition coefficient (Wildman–Crippen LogP) is 3.17. The lowest BCUT2D eigenvalue weighted by Gasteiger charge is -2.24. The lowest BCUT2D eigenvalue weighted by Crippen LogP contribution is -2.27. The maximum atomic E-state index is 5.86. The standard InChI is InChI=1S/C13H23N3O/c1-6-8-14-12-15-10(3)9-11(16-12)17-13(4,5)7-2/h9H,6-8H2,1-5H3,(H,14,15,16). The summed E-state index contributed by atoms with van der Waals surface area (Å²) in [5.74, 6) is 1.29. The van der Waals surface area contributed by atoms with Crippen LogP contribution < -0.4 is 10.1 Å². The van der Waals surface area contributed by atoms with Crippen LogP contribution in [0.3, 0.4) is 0 Å². The number of nitrogens with zero attached hydrogens (tertiary/aromatic N) is 2. The van der Waals surface area contributed by atoms with Crippen molar-refractivity contribution in [2.45, 2.75) is 53.1 Å². The third-order valence-electron chi connectivity index (χ3n) is 2.60. The van der Waals surface area contributed by atoms with Gasteiger partial charge in [0.05, 0.1) is 0 Å². The Balaban J connectivity index is 2.82. The minimum atomic E-state index is -0.192. The van der Waals surface area contributed by atoms with Gasteiger partial charge >= 0.3 is 0 Å². The third-order valence-corrected chi connectivity index (χ3v) is 2.60. The Kier molecular flexibility index (Phi) is 4.73. The van der Waals surface area contributed by atoms with Gasteiger partial charge in [0, 0.05) is 18.3 Å². The van der Waals surface area contributed by atoms with Crippen molar-refractivity contribution >= 4 is 5.95 Å². The Bertz CT molecular complexity index is 364. The van der Waals surface area contributed by atoms with E-state index in [2.05, 4.69) is 43.0 Å². The van der Waals surface area contributed by atoms with Gasteiger partial charge in [0.15, 0.2) is 0 Å². The molecule has 0 fully saturated rings. The normalized spacial score (nSPS) is 11.4. The Labute approximate surface area is 104 Å². The zero-order chi connectivity index (χ0) is 12.9. The van der Waals surface area contributed by atoms with E-state index < -0.39 is 0 Å². The summed E-state index contributed by atoms with van der Waals surface area (Å²) in [5, 5.41) is 3.18. The smallest absolute Gasteiger partial charge is 0.226 e. The first-order valence-electron chi connectivity index (χ1n) is 6.25. The molecule has 0 bridgehead atoms. The molecular weight excluding hydrogens is 214 g/mol. The van der Waals surface area contributed by atoms with Crippen molar-refractivity contribution in [3.8, 4) is 5.88 Å². The van der Waals surface area contributed by atoms with Crippen molar-refractivity contribution in [1.29, 1.82) is 0 Å². The first-order chi connectivity index (χ1) is 7.96. The zero-order valence-corrected chi connectivity index (χ0v) is 11.5. The van der Waals surface area contributed by atoms with Gasteiger partial charge in [0.1, 0.15) is 5.60 Å². The third kappa shape index (κ3) is 4.59. The molecule has 96 valence electrons. The van der Waals surface area contributed by atoms with Crippen LogP contribution >= 0.6 is 0 Å². The van der Waals surface area contributed by atoms with Gasteiger partial charge < -0.3 is 10.1 Å². The van der Waals surface area contributed by atoms with E-state index in [4.69, 9.17) is 4.74 Å². The highest BCUT2D eigenvalue weighted by atomic mass is 16.5. The summed E-state index contributed by atoms with van der Waals surface area (Å²) in [5.41, 5.74) is 0.725. The van der Waals surface area contributed by atoms with Gasteiger partial charge in [-0.25, -0.2) is 4.98 Å². The first-order valence-corrected chi connectivity index (χ1v) is 6.25. The average Bonchev–Trinajstić information content (AvgIpc) is 2.25. The molecule has 0 saturated carbocycles. The monoisotopic (exact) mass is 237 g/mol. The molecule has 0 unspecified atom stereocenters. The second kappa shape index (κ2) is 5.84. The number of hydrogen-bond acceptors (Lipinski definition) is 4. The minimum absolute atomic E-state index is 0.192. The van der Waals surface area contributed by atoms with Crippen LogP contribution in [0.15, 0.2) is 6.07 Å².